The Hall–Kier alpha value is -0.570. The minimum absolute atomic E-state index is 0.0953. The van der Waals surface area contributed by atoms with Gasteiger partial charge in [-0.3, -0.25) is 4.79 Å². The van der Waals surface area contributed by atoms with E-state index in [1.165, 1.54) is 32.1 Å². The highest BCUT2D eigenvalue weighted by Gasteiger charge is 2.03. The molecule has 0 unspecified atom stereocenters. The SMILES string of the molecule is CCCCC[C@H](O)CCCCCCCCCC(=O)O. The monoisotopic (exact) mass is 272 g/mol. The molecule has 0 aromatic carbocycles. The Morgan fingerprint density at radius 3 is 1.84 bits per heavy atom. The van der Waals surface area contributed by atoms with E-state index >= 15 is 0 Å². The van der Waals surface area contributed by atoms with Gasteiger partial charge in [-0.2, -0.15) is 0 Å². The van der Waals surface area contributed by atoms with Crippen LogP contribution in [0.3, 0.4) is 0 Å². The highest BCUT2D eigenvalue weighted by molar-refractivity contribution is 5.66. The fourth-order valence-electron chi connectivity index (χ4n) is 2.31. The zero-order chi connectivity index (χ0) is 14.3. The quantitative estimate of drug-likeness (QED) is 0.457. The van der Waals surface area contributed by atoms with Crippen LogP contribution in [0.2, 0.25) is 0 Å². The van der Waals surface area contributed by atoms with Gasteiger partial charge >= 0.3 is 5.97 Å². The van der Waals surface area contributed by atoms with Crippen LogP contribution in [0.15, 0.2) is 0 Å². The second kappa shape index (κ2) is 13.9. The van der Waals surface area contributed by atoms with E-state index in [0.717, 1.165) is 44.9 Å². The fourth-order valence-corrected chi connectivity index (χ4v) is 2.31. The van der Waals surface area contributed by atoms with Crippen molar-refractivity contribution in [3.05, 3.63) is 0 Å². The minimum Gasteiger partial charge on any atom is -0.481 e. The van der Waals surface area contributed by atoms with Crippen molar-refractivity contribution in [1.29, 1.82) is 0 Å². The van der Waals surface area contributed by atoms with Gasteiger partial charge in [-0.15, -0.1) is 0 Å². The molecule has 19 heavy (non-hydrogen) atoms. The molecule has 0 rings (SSSR count). The molecular weight excluding hydrogens is 240 g/mol. The van der Waals surface area contributed by atoms with Crippen molar-refractivity contribution in [2.24, 2.45) is 0 Å². The van der Waals surface area contributed by atoms with Crippen molar-refractivity contribution in [3.8, 4) is 0 Å². The standard InChI is InChI=1S/C16H32O3/c1-2-3-9-12-15(17)13-10-7-5-4-6-8-11-14-16(18)19/h15,17H,2-14H2,1H3,(H,18,19)/t15-/m0/s1. The van der Waals surface area contributed by atoms with E-state index < -0.39 is 5.97 Å². The molecule has 0 radical (unpaired) electrons. The molecule has 0 aliphatic heterocycles. The molecule has 0 heterocycles. The number of aliphatic hydroxyl groups is 1. The third kappa shape index (κ3) is 15.4. The summed E-state index contributed by atoms with van der Waals surface area (Å²) >= 11 is 0. The second-order valence-corrected chi connectivity index (χ2v) is 5.56. The molecule has 0 aliphatic carbocycles. The molecule has 0 saturated heterocycles. The molecule has 0 aromatic heterocycles. The minimum atomic E-state index is -0.683. The Morgan fingerprint density at radius 2 is 1.32 bits per heavy atom. The Balaban J connectivity index is 3.11. The first-order valence-corrected chi connectivity index (χ1v) is 8.06. The Labute approximate surface area is 118 Å². The van der Waals surface area contributed by atoms with Crippen molar-refractivity contribution in [3.63, 3.8) is 0 Å². The lowest BCUT2D eigenvalue weighted by Gasteiger charge is -2.09. The van der Waals surface area contributed by atoms with Crippen molar-refractivity contribution >= 4 is 5.97 Å². The molecule has 0 amide bonds. The maximum absolute atomic E-state index is 10.3. The number of carboxylic acid groups (broad SMARTS) is 1. The van der Waals surface area contributed by atoms with Crippen LogP contribution in [0.4, 0.5) is 0 Å². The number of hydrogen-bond donors (Lipinski definition) is 2. The van der Waals surface area contributed by atoms with Gasteiger partial charge in [0.25, 0.3) is 0 Å². The molecule has 0 saturated carbocycles. The van der Waals surface area contributed by atoms with Crippen molar-refractivity contribution in [1.82, 2.24) is 0 Å². The van der Waals surface area contributed by atoms with Gasteiger partial charge in [0.1, 0.15) is 0 Å². The Morgan fingerprint density at radius 1 is 0.842 bits per heavy atom. The lowest BCUT2D eigenvalue weighted by Crippen LogP contribution is -2.05. The van der Waals surface area contributed by atoms with Crippen LogP contribution in [-0.2, 0) is 4.79 Å². The summed E-state index contributed by atoms with van der Waals surface area (Å²) < 4.78 is 0. The van der Waals surface area contributed by atoms with Crippen molar-refractivity contribution < 1.29 is 15.0 Å². The van der Waals surface area contributed by atoms with E-state index in [0.29, 0.717) is 6.42 Å². The lowest BCUT2D eigenvalue weighted by molar-refractivity contribution is -0.137. The van der Waals surface area contributed by atoms with Crippen LogP contribution in [-0.4, -0.2) is 22.3 Å². The third-order valence-electron chi connectivity index (χ3n) is 3.57. The largest absolute Gasteiger partial charge is 0.481 e. The van der Waals surface area contributed by atoms with Gasteiger partial charge in [-0.25, -0.2) is 0 Å². The molecular formula is C16H32O3. The Bertz CT molecular complexity index is 204. The number of rotatable bonds is 14. The van der Waals surface area contributed by atoms with Gasteiger partial charge in [0, 0.05) is 6.42 Å². The van der Waals surface area contributed by atoms with Gasteiger partial charge < -0.3 is 10.2 Å². The van der Waals surface area contributed by atoms with E-state index in [4.69, 9.17) is 5.11 Å². The number of hydrogen-bond acceptors (Lipinski definition) is 2. The van der Waals surface area contributed by atoms with Crippen LogP contribution in [0.5, 0.6) is 0 Å². The van der Waals surface area contributed by atoms with Crippen LogP contribution < -0.4 is 0 Å². The summed E-state index contributed by atoms with van der Waals surface area (Å²) in [6, 6.07) is 0. The summed E-state index contributed by atoms with van der Waals surface area (Å²) in [6.07, 6.45) is 13.5. The molecule has 3 nitrogen and oxygen atoms in total. The molecule has 0 fully saturated rings. The summed E-state index contributed by atoms with van der Waals surface area (Å²) in [6.45, 7) is 2.18. The Kier molecular flexibility index (Phi) is 13.4. The molecule has 2 N–H and O–H groups in total. The molecule has 0 aliphatic rings. The van der Waals surface area contributed by atoms with E-state index in [1.54, 1.807) is 0 Å². The van der Waals surface area contributed by atoms with E-state index in [-0.39, 0.29) is 6.10 Å². The zero-order valence-corrected chi connectivity index (χ0v) is 12.6. The van der Waals surface area contributed by atoms with Gasteiger partial charge in [0.15, 0.2) is 0 Å². The van der Waals surface area contributed by atoms with Crippen LogP contribution in [0.25, 0.3) is 0 Å². The van der Waals surface area contributed by atoms with E-state index in [9.17, 15) is 9.90 Å². The third-order valence-corrected chi connectivity index (χ3v) is 3.57. The lowest BCUT2D eigenvalue weighted by atomic mass is 10.0. The summed E-state index contributed by atoms with van der Waals surface area (Å²) in [5.74, 6) is -0.683. The molecule has 114 valence electrons. The van der Waals surface area contributed by atoms with Crippen LogP contribution >= 0.6 is 0 Å². The van der Waals surface area contributed by atoms with Crippen molar-refractivity contribution in [2.75, 3.05) is 0 Å². The molecule has 0 aromatic rings. The van der Waals surface area contributed by atoms with Gasteiger partial charge in [-0.05, 0) is 19.3 Å². The molecule has 0 bridgehead atoms. The fraction of sp³-hybridized carbons (Fsp3) is 0.938. The van der Waals surface area contributed by atoms with Gasteiger partial charge in [0.2, 0.25) is 0 Å². The zero-order valence-electron chi connectivity index (χ0n) is 12.6. The van der Waals surface area contributed by atoms with Gasteiger partial charge in [0.05, 0.1) is 6.10 Å². The number of carbonyl (C=O) groups is 1. The van der Waals surface area contributed by atoms with Gasteiger partial charge in [-0.1, -0.05) is 64.7 Å². The van der Waals surface area contributed by atoms with Crippen molar-refractivity contribution in [2.45, 2.75) is 96.5 Å². The summed E-state index contributed by atoms with van der Waals surface area (Å²) in [5.41, 5.74) is 0. The predicted molar refractivity (Wildman–Crippen MR) is 79.3 cm³/mol. The summed E-state index contributed by atoms with van der Waals surface area (Å²) in [5, 5.41) is 18.2. The highest BCUT2D eigenvalue weighted by Crippen LogP contribution is 2.13. The molecule has 1 atom stereocenters. The maximum Gasteiger partial charge on any atom is 0.303 e. The van der Waals surface area contributed by atoms with Crippen LogP contribution in [0.1, 0.15) is 90.4 Å². The normalized spacial score (nSPS) is 12.5. The first kappa shape index (κ1) is 18.4. The topological polar surface area (TPSA) is 57.5 Å². The molecule has 3 heteroatoms. The average molecular weight is 272 g/mol. The number of aliphatic hydroxyl groups excluding tert-OH is 1. The summed E-state index contributed by atoms with van der Waals surface area (Å²) in [7, 11) is 0. The van der Waals surface area contributed by atoms with E-state index in [2.05, 4.69) is 6.92 Å². The highest BCUT2D eigenvalue weighted by atomic mass is 16.4. The smallest absolute Gasteiger partial charge is 0.303 e. The first-order chi connectivity index (χ1) is 9.16. The van der Waals surface area contributed by atoms with Crippen LogP contribution in [0, 0.1) is 0 Å². The summed E-state index contributed by atoms with van der Waals surface area (Å²) in [4.78, 5) is 10.3. The second-order valence-electron chi connectivity index (χ2n) is 5.56. The number of carboxylic acids is 1. The first-order valence-electron chi connectivity index (χ1n) is 8.06. The molecule has 0 spiro atoms. The predicted octanol–water partition coefficient (Wildman–Crippen LogP) is 4.52. The maximum atomic E-state index is 10.3. The number of aliphatic carboxylic acids is 1. The number of unbranched alkanes of at least 4 members (excludes halogenated alkanes) is 8. The average Bonchev–Trinajstić information content (AvgIpc) is 2.36. The van der Waals surface area contributed by atoms with E-state index in [1.807, 2.05) is 0 Å².